The van der Waals surface area contributed by atoms with Crippen LogP contribution in [0.2, 0.25) is 0 Å². The van der Waals surface area contributed by atoms with Gasteiger partial charge in [0.2, 0.25) is 0 Å². The largest absolute Gasteiger partial charge is 0.467 e. The first-order chi connectivity index (χ1) is 10.2. The van der Waals surface area contributed by atoms with Crippen molar-refractivity contribution in [3.8, 4) is 5.69 Å². The van der Waals surface area contributed by atoms with E-state index in [1.165, 1.54) is 7.11 Å². The van der Waals surface area contributed by atoms with E-state index in [4.69, 9.17) is 0 Å². The van der Waals surface area contributed by atoms with Crippen LogP contribution in [0.15, 0.2) is 48.8 Å². The minimum Gasteiger partial charge on any atom is -0.467 e. The maximum absolute atomic E-state index is 12.1. The van der Waals surface area contributed by atoms with Crippen molar-refractivity contribution in [3.63, 3.8) is 0 Å². The number of nitrogens with zero attached hydrogens (tertiary/aromatic N) is 1. The summed E-state index contributed by atoms with van der Waals surface area (Å²) in [4.78, 5) is 23.6. The molecule has 110 valence electrons. The number of carbonyl (C=O) groups excluding carboxylic acids is 2. The molecule has 0 bridgehead atoms. The molecule has 0 spiro atoms. The van der Waals surface area contributed by atoms with Gasteiger partial charge in [-0.25, -0.2) is 4.79 Å². The van der Waals surface area contributed by atoms with Gasteiger partial charge in [-0.05, 0) is 42.8 Å². The molecule has 1 amide bonds. The van der Waals surface area contributed by atoms with Crippen LogP contribution in [0, 0.1) is 0 Å². The lowest BCUT2D eigenvalue weighted by Gasteiger charge is -2.14. The van der Waals surface area contributed by atoms with Gasteiger partial charge in [0.25, 0.3) is 5.91 Å². The molecule has 0 fully saturated rings. The summed E-state index contributed by atoms with van der Waals surface area (Å²) < 4.78 is 6.60. The monoisotopic (exact) mass is 286 g/mol. The molecule has 1 aromatic carbocycles. The third kappa shape index (κ3) is 3.51. The van der Waals surface area contributed by atoms with Crippen molar-refractivity contribution >= 4 is 11.9 Å². The van der Waals surface area contributed by atoms with Crippen LogP contribution in [0.4, 0.5) is 0 Å². The second-order valence-electron chi connectivity index (χ2n) is 4.59. The van der Waals surface area contributed by atoms with Crippen LogP contribution < -0.4 is 5.32 Å². The van der Waals surface area contributed by atoms with Crippen LogP contribution in [0.1, 0.15) is 23.7 Å². The summed E-state index contributed by atoms with van der Waals surface area (Å²) in [5, 5.41) is 2.67. The maximum atomic E-state index is 12.1. The van der Waals surface area contributed by atoms with Crippen molar-refractivity contribution < 1.29 is 14.3 Å². The van der Waals surface area contributed by atoms with Crippen LogP contribution >= 0.6 is 0 Å². The molecule has 0 radical (unpaired) electrons. The van der Waals surface area contributed by atoms with E-state index in [1.54, 1.807) is 12.1 Å². The lowest BCUT2D eigenvalue weighted by Crippen LogP contribution is -2.41. The summed E-state index contributed by atoms with van der Waals surface area (Å²) in [6.07, 6.45) is 4.35. The van der Waals surface area contributed by atoms with E-state index < -0.39 is 12.0 Å². The smallest absolute Gasteiger partial charge is 0.328 e. The van der Waals surface area contributed by atoms with Gasteiger partial charge in [0, 0.05) is 23.6 Å². The fourth-order valence-corrected chi connectivity index (χ4v) is 2.00. The van der Waals surface area contributed by atoms with Crippen molar-refractivity contribution in [1.29, 1.82) is 0 Å². The van der Waals surface area contributed by atoms with Crippen molar-refractivity contribution in [2.45, 2.75) is 19.4 Å². The van der Waals surface area contributed by atoms with Gasteiger partial charge in [0.05, 0.1) is 7.11 Å². The zero-order chi connectivity index (χ0) is 15.2. The van der Waals surface area contributed by atoms with Crippen molar-refractivity contribution in [2.75, 3.05) is 7.11 Å². The second kappa shape index (κ2) is 6.74. The SMILES string of the molecule is CCC(NC(=O)c1ccc(-n2cccc2)cc1)C(=O)OC. The first-order valence-corrected chi connectivity index (χ1v) is 6.77. The Balaban J connectivity index is 2.08. The van der Waals surface area contributed by atoms with E-state index in [-0.39, 0.29) is 5.91 Å². The molecule has 0 aliphatic heterocycles. The summed E-state index contributed by atoms with van der Waals surface area (Å²) in [6.45, 7) is 1.82. The van der Waals surface area contributed by atoms with E-state index in [2.05, 4.69) is 10.1 Å². The summed E-state index contributed by atoms with van der Waals surface area (Å²) in [6, 6.07) is 10.4. The second-order valence-corrected chi connectivity index (χ2v) is 4.59. The highest BCUT2D eigenvalue weighted by Gasteiger charge is 2.19. The van der Waals surface area contributed by atoms with E-state index in [0.717, 1.165) is 5.69 Å². The zero-order valence-electron chi connectivity index (χ0n) is 12.1. The lowest BCUT2D eigenvalue weighted by atomic mass is 10.1. The molecule has 5 heteroatoms. The first kappa shape index (κ1) is 14.8. The quantitative estimate of drug-likeness (QED) is 0.857. The first-order valence-electron chi connectivity index (χ1n) is 6.77. The Morgan fingerprint density at radius 1 is 1.19 bits per heavy atom. The molecule has 2 rings (SSSR count). The van der Waals surface area contributed by atoms with Crippen molar-refractivity contribution in [3.05, 3.63) is 54.4 Å². The Kier molecular flexibility index (Phi) is 4.77. The van der Waals surface area contributed by atoms with E-state index in [1.807, 2.05) is 48.1 Å². The van der Waals surface area contributed by atoms with Gasteiger partial charge in [0.15, 0.2) is 0 Å². The molecule has 1 unspecified atom stereocenters. The minimum absolute atomic E-state index is 0.286. The average molecular weight is 286 g/mol. The number of amides is 1. The Morgan fingerprint density at radius 3 is 2.33 bits per heavy atom. The molecular formula is C16H18N2O3. The highest BCUT2D eigenvalue weighted by atomic mass is 16.5. The highest BCUT2D eigenvalue weighted by Crippen LogP contribution is 2.10. The van der Waals surface area contributed by atoms with Gasteiger partial charge in [-0.2, -0.15) is 0 Å². The zero-order valence-corrected chi connectivity index (χ0v) is 12.1. The number of carbonyl (C=O) groups is 2. The Labute approximate surface area is 123 Å². The summed E-state index contributed by atoms with van der Waals surface area (Å²) >= 11 is 0. The number of hydrogen-bond donors (Lipinski definition) is 1. The molecule has 1 atom stereocenters. The summed E-state index contributed by atoms with van der Waals surface area (Å²) in [5.41, 5.74) is 1.48. The Hall–Kier alpha value is -2.56. The van der Waals surface area contributed by atoms with E-state index >= 15 is 0 Å². The van der Waals surface area contributed by atoms with E-state index in [0.29, 0.717) is 12.0 Å². The minimum atomic E-state index is -0.619. The van der Waals surface area contributed by atoms with Crippen LogP contribution in [-0.2, 0) is 9.53 Å². The molecular weight excluding hydrogens is 268 g/mol. The number of esters is 1. The molecule has 1 heterocycles. The summed E-state index contributed by atoms with van der Waals surface area (Å²) in [7, 11) is 1.31. The standard InChI is InChI=1S/C16H18N2O3/c1-3-14(16(20)21-2)17-15(19)12-6-8-13(9-7-12)18-10-4-5-11-18/h4-11,14H,3H2,1-2H3,(H,17,19). The molecule has 21 heavy (non-hydrogen) atoms. The predicted molar refractivity (Wildman–Crippen MR) is 79.3 cm³/mol. The van der Waals surface area contributed by atoms with Gasteiger partial charge >= 0.3 is 5.97 Å². The fourth-order valence-electron chi connectivity index (χ4n) is 2.00. The predicted octanol–water partition coefficient (Wildman–Crippen LogP) is 2.16. The van der Waals surface area contributed by atoms with Crippen LogP contribution in [0.3, 0.4) is 0 Å². The van der Waals surface area contributed by atoms with Crippen molar-refractivity contribution in [1.82, 2.24) is 9.88 Å². The van der Waals surface area contributed by atoms with Gasteiger partial charge in [-0.15, -0.1) is 0 Å². The average Bonchev–Trinajstić information content (AvgIpc) is 3.06. The Bertz CT molecular complexity index is 603. The number of ether oxygens (including phenoxy) is 1. The van der Waals surface area contributed by atoms with Gasteiger partial charge in [0.1, 0.15) is 6.04 Å². The molecule has 0 aliphatic carbocycles. The molecule has 1 aromatic heterocycles. The summed E-state index contributed by atoms with van der Waals surface area (Å²) in [5.74, 6) is -0.721. The lowest BCUT2D eigenvalue weighted by molar-refractivity contribution is -0.142. The maximum Gasteiger partial charge on any atom is 0.328 e. The number of benzene rings is 1. The van der Waals surface area contributed by atoms with E-state index in [9.17, 15) is 9.59 Å². The third-order valence-corrected chi connectivity index (χ3v) is 3.23. The number of methoxy groups -OCH3 is 1. The van der Waals surface area contributed by atoms with Crippen LogP contribution in [0.5, 0.6) is 0 Å². The fraction of sp³-hybridized carbons (Fsp3) is 0.250. The van der Waals surface area contributed by atoms with Gasteiger partial charge < -0.3 is 14.6 Å². The Morgan fingerprint density at radius 2 is 1.81 bits per heavy atom. The third-order valence-electron chi connectivity index (χ3n) is 3.23. The molecule has 2 aromatic rings. The van der Waals surface area contributed by atoms with Crippen LogP contribution in [0.25, 0.3) is 5.69 Å². The number of rotatable bonds is 5. The molecule has 1 N–H and O–H groups in total. The molecule has 0 aliphatic rings. The van der Waals surface area contributed by atoms with Gasteiger partial charge in [-0.1, -0.05) is 6.92 Å². The normalized spacial score (nSPS) is 11.7. The highest BCUT2D eigenvalue weighted by molar-refractivity contribution is 5.96. The topological polar surface area (TPSA) is 60.3 Å². The molecule has 0 saturated carbocycles. The number of nitrogens with one attached hydrogen (secondary N) is 1. The number of aromatic nitrogens is 1. The molecule has 0 saturated heterocycles. The van der Waals surface area contributed by atoms with Crippen molar-refractivity contribution in [2.24, 2.45) is 0 Å². The van der Waals surface area contributed by atoms with Gasteiger partial charge in [-0.3, -0.25) is 4.79 Å². The number of hydrogen-bond acceptors (Lipinski definition) is 3. The van der Waals surface area contributed by atoms with Crippen LogP contribution in [-0.4, -0.2) is 29.6 Å². The molecule has 5 nitrogen and oxygen atoms in total.